The van der Waals surface area contributed by atoms with E-state index in [0.717, 1.165) is 11.1 Å². The van der Waals surface area contributed by atoms with E-state index in [4.69, 9.17) is 39.5 Å². The van der Waals surface area contributed by atoms with Crippen molar-refractivity contribution in [1.82, 2.24) is 0 Å². The summed E-state index contributed by atoms with van der Waals surface area (Å²) < 4.78 is 5.13. The van der Waals surface area contributed by atoms with E-state index in [2.05, 4.69) is 15.9 Å². The van der Waals surface area contributed by atoms with E-state index in [1.807, 2.05) is 24.3 Å². The fourth-order valence-electron chi connectivity index (χ4n) is 1.74. The van der Waals surface area contributed by atoms with Crippen LogP contribution in [0.5, 0.6) is 5.75 Å². The van der Waals surface area contributed by atoms with Gasteiger partial charge in [-0.1, -0.05) is 68.9 Å². The molecule has 19 heavy (non-hydrogen) atoms. The molecule has 0 aliphatic rings. The Morgan fingerprint density at radius 3 is 2.26 bits per heavy atom. The predicted molar refractivity (Wildman–Crippen MR) is 85.2 cm³/mol. The molecule has 100 valence electrons. The molecule has 1 atom stereocenters. The van der Waals surface area contributed by atoms with Gasteiger partial charge in [-0.2, -0.15) is 0 Å². The summed E-state index contributed by atoms with van der Waals surface area (Å²) in [5.41, 5.74) is 1.79. The van der Waals surface area contributed by atoms with E-state index < -0.39 is 0 Å². The average Bonchev–Trinajstić information content (AvgIpc) is 2.40. The normalized spacial score (nSPS) is 12.3. The smallest absolute Gasteiger partial charge is 0.138 e. The van der Waals surface area contributed by atoms with Gasteiger partial charge in [0.15, 0.2) is 0 Å². The highest BCUT2D eigenvalue weighted by Gasteiger charge is 2.18. The highest BCUT2D eigenvalue weighted by molar-refractivity contribution is 9.09. The highest BCUT2D eigenvalue weighted by Crippen LogP contribution is 2.41. The summed E-state index contributed by atoms with van der Waals surface area (Å²) in [5.74, 6) is 0.550. The number of alkyl halides is 1. The summed E-state index contributed by atoms with van der Waals surface area (Å²) in [7, 11) is 1.55. The van der Waals surface area contributed by atoms with Gasteiger partial charge in [0.05, 0.1) is 17.0 Å². The molecule has 1 unspecified atom stereocenters. The van der Waals surface area contributed by atoms with Crippen molar-refractivity contribution < 1.29 is 4.74 Å². The summed E-state index contributed by atoms with van der Waals surface area (Å²) in [5, 5.41) is 1.76. The third-order valence-electron chi connectivity index (χ3n) is 2.72. The molecule has 0 saturated carbocycles. The second-order valence-corrected chi connectivity index (χ2v) is 6.03. The maximum absolute atomic E-state index is 6.27. The van der Waals surface area contributed by atoms with Crippen LogP contribution < -0.4 is 4.74 Å². The van der Waals surface area contributed by atoms with E-state index in [1.165, 1.54) is 0 Å². The Morgan fingerprint density at radius 2 is 1.63 bits per heavy atom. The third-order valence-corrected chi connectivity index (χ3v) is 4.68. The Morgan fingerprint density at radius 1 is 0.947 bits per heavy atom. The van der Waals surface area contributed by atoms with Crippen molar-refractivity contribution in [2.45, 2.75) is 4.83 Å². The molecule has 0 amide bonds. The summed E-state index contributed by atoms with van der Waals surface area (Å²) in [6.07, 6.45) is 0. The van der Waals surface area contributed by atoms with E-state index in [0.29, 0.717) is 20.8 Å². The van der Waals surface area contributed by atoms with Crippen LogP contribution in [-0.4, -0.2) is 7.11 Å². The largest absolute Gasteiger partial charge is 0.495 e. The van der Waals surface area contributed by atoms with Gasteiger partial charge in [-0.3, -0.25) is 0 Å². The molecule has 1 nitrogen and oxygen atoms in total. The standard InChI is InChI=1S/C14H10BrCl3O/c1-19-13-7-11(17)9(6-12(13)18)14(15)8-4-2-3-5-10(8)16/h2-7,14H,1H3. The van der Waals surface area contributed by atoms with Crippen molar-refractivity contribution in [1.29, 1.82) is 0 Å². The summed E-state index contributed by atoms with van der Waals surface area (Å²) in [4.78, 5) is -0.128. The van der Waals surface area contributed by atoms with Crippen molar-refractivity contribution in [3.8, 4) is 5.75 Å². The summed E-state index contributed by atoms with van der Waals surface area (Å²) in [6, 6.07) is 11.1. The number of halogens is 4. The molecular weight excluding hydrogens is 370 g/mol. The summed E-state index contributed by atoms with van der Waals surface area (Å²) >= 11 is 22.2. The molecule has 2 aromatic carbocycles. The molecule has 0 fully saturated rings. The maximum atomic E-state index is 6.27. The average molecular weight is 380 g/mol. The van der Waals surface area contributed by atoms with Crippen LogP contribution in [0.25, 0.3) is 0 Å². The predicted octanol–water partition coefficient (Wildman–Crippen LogP) is 6.14. The fraction of sp³-hybridized carbons (Fsp3) is 0.143. The lowest BCUT2D eigenvalue weighted by molar-refractivity contribution is 0.415. The molecule has 0 heterocycles. The molecule has 0 aliphatic carbocycles. The number of methoxy groups -OCH3 is 1. The zero-order valence-corrected chi connectivity index (χ0v) is 13.8. The first-order chi connectivity index (χ1) is 9.04. The van der Waals surface area contributed by atoms with Crippen LogP contribution >= 0.6 is 50.7 Å². The molecule has 0 bridgehead atoms. The molecule has 0 N–H and O–H groups in total. The van der Waals surface area contributed by atoms with Gasteiger partial charge in [0.2, 0.25) is 0 Å². The lowest BCUT2D eigenvalue weighted by Gasteiger charge is -2.15. The van der Waals surface area contributed by atoms with Gasteiger partial charge in [-0.05, 0) is 23.3 Å². The first kappa shape index (κ1) is 15.0. The first-order valence-electron chi connectivity index (χ1n) is 5.46. The van der Waals surface area contributed by atoms with E-state index in [-0.39, 0.29) is 4.83 Å². The lowest BCUT2D eigenvalue weighted by atomic mass is 10.0. The molecule has 2 aromatic rings. The van der Waals surface area contributed by atoms with Crippen LogP contribution in [0.3, 0.4) is 0 Å². The number of benzene rings is 2. The molecule has 0 saturated heterocycles. The van der Waals surface area contributed by atoms with Gasteiger partial charge in [-0.25, -0.2) is 0 Å². The van der Waals surface area contributed by atoms with Crippen LogP contribution in [0.1, 0.15) is 16.0 Å². The number of ether oxygens (including phenoxy) is 1. The number of hydrogen-bond donors (Lipinski definition) is 0. The van der Waals surface area contributed by atoms with Crippen LogP contribution in [0.15, 0.2) is 36.4 Å². The van der Waals surface area contributed by atoms with E-state index in [9.17, 15) is 0 Å². The Labute approximate surface area is 135 Å². The third kappa shape index (κ3) is 3.19. The molecule has 2 rings (SSSR count). The Kier molecular flexibility index (Phi) is 5.02. The van der Waals surface area contributed by atoms with Crippen LogP contribution in [-0.2, 0) is 0 Å². The number of rotatable bonds is 3. The molecule has 0 radical (unpaired) electrons. The van der Waals surface area contributed by atoms with Gasteiger partial charge >= 0.3 is 0 Å². The van der Waals surface area contributed by atoms with Crippen molar-refractivity contribution in [2.24, 2.45) is 0 Å². The van der Waals surface area contributed by atoms with E-state index >= 15 is 0 Å². The Bertz CT molecular complexity index is 601. The topological polar surface area (TPSA) is 9.23 Å². The van der Waals surface area contributed by atoms with Crippen LogP contribution in [0.4, 0.5) is 0 Å². The highest BCUT2D eigenvalue weighted by atomic mass is 79.9. The molecule has 0 aromatic heterocycles. The zero-order valence-electron chi connectivity index (χ0n) is 9.96. The van der Waals surface area contributed by atoms with Gasteiger partial charge in [-0.15, -0.1) is 0 Å². The first-order valence-corrected chi connectivity index (χ1v) is 7.51. The quantitative estimate of drug-likeness (QED) is 0.581. The van der Waals surface area contributed by atoms with Crippen molar-refractivity contribution in [2.75, 3.05) is 7.11 Å². The molecule has 5 heteroatoms. The minimum Gasteiger partial charge on any atom is -0.495 e. The maximum Gasteiger partial charge on any atom is 0.138 e. The van der Waals surface area contributed by atoms with E-state index in [1.54, 1.807) is 19.2 Å². The summed E-state index contributed by atoms with van der Waals surface area (Å²) in [6.45, 7) is 0. The Hall–Kier alpha value is -0.410. The SMILES string of the molecule is COc1cc(Cl)c(C(Br)c2ccccc2Cl)cc1Cl. The molecule has 0 aliphatic heterocycles. The Balaban J connectivity index is 2.48. The number of hydrogen-bond acceptors (Lipinski definition) is 1. The monoisotopic (exact) mass is 378 g/mol. The second kappa shape index (κ2) is 6.36. The minimum absolute atomic E-state index is 0.128. The minimum atomic E-state index is -0.128. The van der Waals surface area contributed by atoms with Gasteiger partial charge in [0.25, 0.3) is 0 Å². The van der Waals surface area contributed by atoms with Crippen molar-refractivity contribution >= 4 is 50.7 Å². The zero-order chi connectivity index (χ0) is 14.0. The van der Waals surface area contributed by atoms with Crippen LogP contribution in [0.2, 0.25) is 15.1 Å². The van der Waals surface area contributed by atoms with Gasteiger partial charge in [0, 0.05) is 16.1 Å². The fourth-order valence-corrected chi connectivity index (χ4v) is 3.54. The molecule has 0 spiro atoms. The van der Waals surface area contributed by atoms with Crippen molar-refractivity contribution in [3.63, 3.8) is 0 Å². The van der Waals surface area contributed by atoms with Gasteiger partial charge in [0.1, 0.15) is 5.75 Å². The van der Waals surface area contributed by atoms with Crippen LogP contribution in [0, 0.1) is 0 Å². The molecular formula is C14H10BrCl3O. The lowest BCUT2D eigenvalue weighted by Crippen LogP contribution is -1.96. The van der Waals surface area contributed by atoms with Crippen molar-refractivity contribution in [3.05, 3.63) is 62.6 Å². The van der Waals surface area contributed by atoms with Gasteiger partial charge < -0.3 is 4.74 Å². The second-order valence-electron chi connectivity index (χ2n) is 3.89.